The number of anilines is 3. The molecule has 0 amide bonds. The molecular formula is C39H59N3O2. The number of benzene rings is 3. The molecule has 5 nitrogen and oxygen atoms in total. The molecule has 0 aliphatic rings. The van der Waals surface area contributed by atoms with Gasteiger partial charge in [-0.15, -0.1) is 0 Å². The summed E-state index contributed by atoms with van der Waals surface area (Å²) in [7, 11) is 0. The fourth-order valence-electron chi connectivity index (χ4n) is 6.23. The second-order valence-corrected chi connectivity index (χ2v) is 11.5. The van der Waals surface area contributed by atoms with Crippen molar-refractivity contribution < 1.29 is 9.47 Å². The molecule has 3 rings (SSSR count). The quantitative estimate of drug-likeness (QED) is 0.0842. The van der Waals surface area contributed by atoms with Gasteiger partial charge in [-0.1, -0.05) is 64.8 Å². The Morgan fingerprint density at radius 3 is 1.43 bits per heavy atom. The van der Waals surface area contributed by atoms with Gasteiger partial charge in [-0.05, 0) is 82.2 Å². The summed E-state index contributed by atoms with van der Waals surface area (Å²) in [4.78, 5) is 4.76. The van der Waals surface area contributed by atoms with Crippen molar-refractivity contribution in [3.8, 4) is 11.5 Å². The van der Waals surface area contributed by atoms with E-state index in [0.717, 1.165) is 98.6 Å². The van der Waals surface area contributed by atoms with Gasteiger partial charge in [-0.3, -0.25) is 0 Å². The fraction of sp³-hybridized carbons (Fsp3) is 0.538. The van der Waals surface area contributed by atoms with Crippen molar-refractivity contribution in [3.63, 3.8) is 0 Å². The van der Waals surface area contributed by atoms with Crippen LogP contribution in [0.25, 0.3) is 0 Å². The maximum Gasteiger partial charge on any atom is 0.125 e. The number of rotatable bonds is 19. The van der Waals surface area contributed by atoms with Crippen LogP contribution in [0.5, 0.6) is 11.5 Å². The zero-order valence-electron chi connectivity index (χ0n) is 29.0. The number of nitrogen functional groups attached to an aromatic ring is 1. The second kappa shape index (κ2) is 17.8. The highest BCUT2D eigenvalue weighted by Crippen LogP contribution is 2.46. The van der Waals surface area contributed by atoms with Gasteiger partial charge in [0, 0.05) is 72.4 Å². The molecule has 0 bridgehead atoms. The first kappa shape index (κ1) is 35.1. The van der Waals surface area contributed by atoms with Crippen LogP contribution in [-0.4, -0.2) is 39.4 Å². The summed E-state index contributed by atoms with van der Waals surface area (Å²) in [5.41, 5.74) is 16.3. The van der Waals surface area contributed by atoms with E-state index in [1.807, 2.05) is 0 Å². The lowest BCUT2D eigenvalue weighted by Gasteiger charge is -2.29. The topological polar surface area (TPSA) is 51.0 Å². The predicted molar refractivity (Wildman–Crippen MR) is 191 cm³/mol. The molecule has 0 aromatic heterocycles. The number of hydrogen-bond donors (Lipinski definition) is 1. The Bertz CT molecular complexity index is 1230. The molecule has 3 aromatic rings. The van der Waals surface area contributed by atoms with E-state index in [-0.39, 0.29) is 5.92 Å². The van der Waals surface area contributed by atoms with Gasteiger partial charge >= 0.3 is 0 Å². The van der Waals surface area contributed by atoms with Crippen molar-refractivity contribution in [2.45, 2.75) is 99.8 Å². The van der Waals surface area contributed by atoms with Crippen LogP contribution < -0.4 is 25.0 Å². The van der Waals surface area contributed by atoms with Crippen LogP contribution in [0.1, 0.15) is 115 Å². The molecule has 2 N–H and O–H groups in total. The van der Waals surface area contributed by atoms with E-state index in [2.05, 4.69) is 114 Å². The molecule has 44 heavy (non-hydrogen) atoms. The highest BCUT2D eigenvalue weighted by atomic mass is 16.5. The highest BCUT2D eigenvalue weighted by Gasteiger charge is 2.28. The largest absolute Gasteiger partial charge is 0.493 e. The molecule has 0 unspecified atom stereocenters. The average Bonchev–Trinajstić information content (AvgIpc) is 3.04. The molecule has 0 atom stereocenters. The lowest BCUT2D eigenvalue weighted by atomic mass is 9.81. The molecule has 5 heteroatoms. The average molecular weight is 602 g/mol. The van der Waals surface area contributed by atoms with E-state index in [1.54, 1.807) is 0 Å². The van der Waals surface area contributed by atoms with E-state index in [1.165, 1.54) is 22.5 Å². The summed E-state index contributed by atoms with van der Waals surface area (Å²) in [5, 5.41) is 0. The van der Waals surface area contributed by atoms with Crippen molar-refractivity contribution in [2.24, 2.45) is 0 Å². The predicted octanol–water partition coefficient (Wildman–Crippen LogP) is 9.62. The van der Waals surface area contributed by atoms with E-state index < -0.39 is 0 Å². The van der Waals surface area contributed by atoms with Gasteiger partial charge in [-0.25, -0.2) is 0 Å². The Kier molecular flexibility index (Phi) is 14.2. The van der Waals surface area contributed by atoms with Gasteiger partial charge in [-0.2, -0.15) is 0 Å². The number of ether oxygens (including phenoxy) is 2. The Morgan fingerprint density at radius 1 is 0.591 bits per heavy atom. The minimum absolute atomic E-state index is 0.143. The first-order valence-corrected chi connectivity index (χ1v) is 17.4. The molecule has 0 spiro atoms. The van der Waals surface area contributed by atoms with Gasteiger partial charge < -0.3 is 25.0 Å². The van der Waals surface area contributed by atoms with Crippen molar-refractivity contribution in [3.05, 3.63) is 76.3 Å². The molecule has 0 saturated carbocycles. The monoisotopic (exact) mass is 601 g/mol. The molecule has 0 radical (unpaired) electrons. The molecule has 0 aliphatic carbocycles. The Labute approximate surface area is 268 Å². The first-order valence-electron chi connectivity index (χ1n) is 17.4. The molecule has 0 saturated heterocycles. The second-order valence-electron chi connectivity index (χ2n) is 11.5. The van der Waals surface area contributed by atoms with Crippen LogP contribution in [0.15, 0.2) is 48.5 Å². The van der Waals surface area contributed by atoms with Crippen LogP contribution in [0, 0.1) is 0 Å². The standard InChI is InChI=1S/C39H59N3O2/c1-9-17-25-43-36-27-30(41(13-5)14-6)20-23-33(36)38(35-22-19-29(11-3)32(12-4)39(35)40)34-24-21-31(42(15-7)16-8)28-37(34)44-26-18-10-2/h19-24,27-28,38H,9-18,25-26,40H2,1-8H3. The summed E-state index contributed by atoms with van der Waals surface area (Å²) in [6.07, 6.45) is 6.06. The van der Waals surface area contributed by atoms with Gasteiger partial charge in [0.15, 0.2) is 0 Å². The Hall–Kier alpha value is -3.34. The third-order valence-corrected chi connectivity index (χ3v) is 8.92. The minimum atomic E-state index is -0.143. The molecule has 0 fully saturated rings. The van der Waals surface area contributed by atoms with E-state index in [4.69, 9.17) is 15.2 Å². The maximum atomic E-state index is 7.13. The number of aryl methyl sites for hydroxylation is 1. The highest BCUT2D eigenvalue weighted by molar-refractivity contribution is 5.68. The van der Waals surface area contributed by atoms with Crippen LogP contribution in [0.3, 0.4) is 0 Å². The molecule has 242 valence electrons. The van der Waals surface area contributed by atoms with Crippen LogP contribution in [0.4, 0.5) is 17.1 Å². The van der Waals surface area contributed by atoms with Crippen LogP contribution in [-0.2, 0) is 12.8 Å². The molecular weight excluding hydrogens is 542 g/mol. The summed E-state index contributed by atoms with van der Waals surface area (Å²) >= 11 is 0. The minimum Gasteiger partial charge on any atom is -0.493 e. The first-order chi connectivity index (χ1) is 21.4. The van der Waals surface area contributed by atoms with Crippen LogP contribution >= 0.6 is 0 Å². The summed E-state index contributed by atoms with van der Waals surface area (Å²) in [6, 6.07) is 18.1. The number of unbranched alkanes of at least 4 members (excludes halogenated alkanes) is 2. The Balaban J connectivity index is 2.37. The SMILES string of the molecule is CCCCOc1cc(N(CC)CC)ccc1C(c1ccc(N(CC)CC)cc1OCCCC)c1ccc(CC)c(CC)c1N. The van der Waals surface area contributed by atoms with Gasteiger partial charge in [0.25, 0.3) is 0 Å². The van der Waals surface area contributed by atoms with Gasteiger partial charge in [0.2, 0.25) is 0 Å². The lowest BCUT2D eigenvalue weighted by molar-refractivity contribution is 0.302. The summed E-state index contributed by atoms with van der Waals surface area (Å²) < 4.78 is 13.3. The fourth-order valence-corrected chi connectivity index (χ4v) is 6.23. The maximum absolute atomic E-state index is 7.13. The smallest absolute Gasteiger partial charge is 0.125 e. The van der Waals surface area contributed by atoms with Crippen molar-refractivity contribution >= 4 is 17.1 Å². The van der Waals surface area contributed by atoms with E-state index in [9.17, 15) is 0 Å². The van der Waals surface area contributed by atoms with Gasteiger partial charge in [0.05, 0.1) is 13.2 Å². The van der Waals surface area contributed by atoms with Crippen LogP contribution in [0.2, 0.25) is 0 Å². The normalized spacial score (nSPS) is 11.2. The third-order valence-electron chi connectivity index (χ3n) is 8.92. The third kappa shape index (κ3) is 8.22. The zero-order valence-corrected chi connectivity index (χ0v) is 29.0. The number of hydrogen-bond acceptors (Lipinski definition) is 5. The van der Waals surface area contributed by atoms with Gasteiger partial charge in [0.1, 0.15) is 11.5 Å². The van der Waals surface area contributed by atoms with E-state index in [0.29, 0.717) is 13.2 Å². The molecule has 0 aliphatic heterocycles. The summed E-state index contributed by atoms with van der Waals surface area (Å²) in [5.74, 6) is 1.71. The van der Waals surface area contributed by atoms with Crippen molar-refractivity contribution in [1.82, 2.24) is 0 Å². The number of nitrogens with two attached hydrogens (primary N) is 1. The van der Waals surface area contributed by atoms with Crippen molar-refractivity contribution in [1.29, 1.82) is 0 Å². The zero-order chi connectivity index (χ0) is 32.1. The number of nitrogens with zero attached hydrogens (tertiary/aromatic N) is 2. The Morgan fingerprint density at radius 2 is 1.05 bits per heavy atom. The van der Waals surface area contributed by atoms with E-state index >= 15 is 0 Å². The summed E-state index contributed by atoms with van der Waals surface area (Å²) in [6.45, 7) is 22.8. The molecule has 3 aromatic carbocycles. The lowest BCUT2D eigenvalue weighted by Crippen LogP contribution is -2.22. The molecule has 0 heterocycles. The van der Waals surface area contributed by atoms with Crippen molar-refractivity contribution in [2.75, 3.05) is 54.9 Å².